The van der Waals surface area contributed by atoms with Crippen LogP contribution in [0.1, 0.15) is 125 Å². The quantitative estimate of drug-likeness (QED) is 0.0500. The summed E-state index contributed by atoms with van der Waals surface area (Å²) in [6, 6.07) is 40.1. The molecule has 6 rings (SSSR count). The number of carbonyl (C=O) groups excluding carboxylic acids is 1. The van der Waals surface area contributed by atoms with Crippen molar-refractivity contribution in [1.82, 2.24) is 5.32 Å². The molecule has 0 spiro atoms. The first-order chi connectivity index (χ1) is 31.1. The second-order valence-corrected chi connectivity index (χ2v) is 17.4. The molecule has 0 aromatic heterocycles. The molecule has 0 unspecified atom stereocenters. The first-order valence-corrected chi connectivity index (χ1v) is 24.0. The van der Waals surface area contributed by atoms with E-state index in [0.29, 0.717) is 45.7 Å². The van der Waals surface area contributed by atoms with Crippen molar-refractivity contribution in [2.75, 3.05) is 6.61 Å². The third kappa shape index (κ3) is 16.8. The summed E-state index contributed by atoms with van der Waals surface area (Å²) in [7, 11) is 0. The van der Waals surface area contributed by atoms with Crippen LogP contribution in [-0.2, 0) is 54.8 Å². The molecule has 9 heteroatoms. The highest BCUT2D eigenvalue weighted by molar-refractivity contribution is 5.70. The van der Waals surface area contributed by atoms with Crippen LogP contribution >= 0.6 is 0 Å². The number of unbranched alkanes of at least 4 members (excludes halogenated alkanes) is 11. The molecule has 0 saturated carbocycles. The molecule has 0 bridgehead atoms. The van der Waals surface area contributed by atoms with Crippen LogP contribution in [0.3, 0.4) is 0 Å². The summed E-state index contributed by atoms with van der Waals surface area (Å²) in [5.41, 5.74) is 4.18. The smallest absolute Gasteiger partial charge is 0.407 e. The average Bonchev–Trinajstić information content (AvgIpc) is 3.71. The summed E-state index contributed by atoms with van der Waals surface area (Å²) >= 11 is 0. The summed E-state index contributed by atoms with van der Waals surface area (Å²) in [4.78, 5) is 12.8. The maximum atomic E-state index is 12.8. The van der Waals surface area contributed by atoms with Crippen LogP contribution in [0.25, 0.3) is 0 Å². The highest BCUT2D eigenvalue weighted by Gasteiger charge is 2.49. The van der Waals surface area contributed by atoms with Gasteiger partial charge in [0.05, 0.1) is 51.3 Å². The molecular weight excluding hydrogens is 791 g/mol. The third-order valence-electron chi connectivity index (χ3n) is 12.4. The summed E-state index contributed by atoms with van der Waals surface area (Å²) in [5.74, 6) is 0. The number of cyclic esters (lactones) is 1. The lowest BCUT2D eigenvalue weighted by molar-refractivity contribution is -0.273. The molecule has 2 saturated heterocycles. The van der Waals surface area contributed by atoms with Gasteiger partial charge in [0.15, 0.2) is 0 Å². The van der Waals surface area contributed by atoms with Gasteiger partial charge in [0, 0.05) is 0 Å². The molecule has 2 heterocycles. The molecule has 8 atom stereocenters. The van der Waals surface area contributed by atoms with Crippen molar-refractivity contribution < 1.29 is 38.3 Å². The number of ether oxygens (including phenoxy) is 6. The lowest BCUT2D eigenvalue weighted by Gasteiger charge is -2.46. The average molecular weight is 864 g/mol. The van der Waals surface area contributed by atoms with E-state index in [0.717, 1.165) is 41.5 Å². The van der Waals surface area contributed by atoms with Crippen molar-refractivity contribution in [3.8, 4) is 0 Å². The van der Waals surface area contributed by atoms with Crippen molar-refractivity contribution in [3.63, 3.8) is 0 Å². The number of nitrogens with one attached hydrogen (secondary N) is 1. The Bertz CT molecular complexity index is 1780. The van der Waals surface area contributed by atoms with Crippen LogP contribution < -0.4 is 5.32 Å². The summed E-state index contributed by atoms with van der Waals surface area (Å²) in [6.07, 6.45) is 12.2. The molecule has 63 heavy (non-hydrogen) atoms. The van der Waals surface area contributed by atoms with Gasteiger partial charge in [-0.15, -0.1) is 0 Å². The van der Waals surface area contributed by atoms with Gasteiger partial charge >= 0.3 is 6.09 Å². The predicted octanol–water partition coefficient (Wildman–Crippen LogP) is 11.4. The lowest BCUT2D eigenvalue weighted by Crippen LogP contribution is -2.61. The second-order valence-electron chi connectivity index (χ2n) is 17.4. The van der Waals surface area contributed by atoms with Crippen LogP contribution in [0.5, 0.6) is 0 Å². The van der Waals surface area contributed by atoms with E-state index in [2.05, 4.69) is 48.6 Å². The molecule has 2 fully saturated rings. The zero-order valence-electron chi connectivity index (χ0n) is 37.6. The molecule has 0 radical (unpaired) electrons. The number of alkyl carbamates (subject to hydrolysis) is 1. The Morgan fingerprint density at radius 3 is 1.46 bits per heavy atom. The molecule has 0 aliphatic carbocycles. The van der Waals surface area contributed by atoms with Crippen LogP contribution in [-0.4, -0.2) is 66.6 Å². The van der Waals surface area contributed by atoms with Crippen LogP contribution in [0.15, 0.2) is 121 Å². The number of aliphatic hydroxyl groups excluding tert-OH is 1. The van der Waals surface area contributed by atoms with Gasteiger partial charge in [-0.1, -0.05) is 205 Å². The molecule has 2 aliphatic rings. The fourth-order valence-corrected chi connectivity index (χ4v) is 8.88. The normalized spacial score (nSPS) is 22.7. The minimum atomic E-state index is -0.758. The van der Waals surface area contributed by atoms with E-state index >= 15 is 0 Å². The first kappa shape index (κ1) is 48.4. The van der Waals surface area contributed by atoms with Crippen LogP contribution in [0, 0.1) is 0 Å². The Morgan fingerprint density at radius 1 is 0.540 bits per heavy atom. The summed E-state index contributed by atoms with van der Waals surface area (Å²) < 4.78 is 39.9. The third-order valence-corrected chi connectivity index (χ3v) is 12.4. The van der Waals surface area contributed by atoms with Gasteiger partial charge in [0.25, 0.3) is 0 Å². The molecular formula is C54H73NO8. The van der Waals surface area contributed by atoms with Crippen LogP contribution in [0.2, 0.25) is 0 Å². The van der Waals surface area contributed by atoms with Gasteiger partial charge in [-0.2, -0.15) is 0 Å². The van der Waals surface area contributed by atoms with E-state index in [4.69, 9.17) is 28.4 Å². The maximum Gasteiger partial charge on any atom is 0.407 e. The number of benzene rings is 4. The number of hydrogen-bond acceptors (Lipinski definition) is 8. The Balaban J connectivity index is 1.14. The molecule has 1 amide bonds. The fraction of sp³-hybridized carbons (Fsp3) is 0.537. The topological polar surface area (TPSA) is 105 Å². The lowest BCUT2D eigenvalue weighted by atomic mass is 9.89. The van der Waals surface area contributed by atoms with Gasteiger partial charge < -0.3 is 38.8 Å². The van der Waals surface area contributed by atoms with Gasteiger partial charge in [-0.25, -0.2) is 4.79 Å². The Hall–Kier alpha value is -4.09. The van der Waals surface area contributed by atoms with E-state index in [-0.39, 0.29) is 12.6 Å². The van der Waals surface area contributed by atoms with Crippen molar-refractivity contribution in [2.24, 2.45) is 0 Å². The highest BCUT2D eigenvalue weighted by Crippen LogP contribution is 2.34. The zero-order valence-corrected chi connectivity index (χ0v) is 37.6. The van der Waals surface area contributed by atoms with Crippen molar-refractivity contribution in [2.45, 2.75) is 178 Å². The molecule has 2 aliphatic heterocycles. The van der Waals surface area contributed by atoms with Crippen LogP contribution in [0.4, 0.5) is 4.79 Å². The van der Waals surface area contributed by atoms with Gasteiger partial charge in [-0.05, 0) is 41.5 Å². The predicted molar refractivity (Wildman–Crippen MR) is 248 cm³/mol. The highest BCUT2D eigenvalue weighted by atomic mass is 16.6. The zero-order chi connectivity index (χ0) is 43.7. The SMILES string of the molecule is CCCCCCCCCCCCCC[C@@H](O)[C@H]1OC(=O)N[C@H]1CC[C@H]1O[C@H](COCc2ccccc2)[C@H](OCc2ccccc2)[C@H](OCc2ccccc2)[C@H]1OCc1ccccc1. The molecule has 342 valence electrons. The van der Waals surface area contributed by atoms with Gasteiger partial charge in [0.1, 0.15) is 30.5 Å². The Labute approximate surface area is 377 Å². The monoisotopic (exact) mass is 864 g/mol. The van der Waals surface area contributed by atoms with Crippen molar-refractivity contribution >= 4 is 6.09 Å². The van der Waals surface area contributed by atoms with Crippen molar-refractivity contribution in [3.05, 3.63) is 144 Å². The van der Waals surface area contributed by atoms with E-state index in [1.54, 1.807) is 0 Å². The van der Waals surface area contributed by atoms with E-state index in [1.807, 2.05) is 84.9 Å². The Morgan fingerprint density at radius 2 is 0.968 bits per heavy atom. The van der Waals surface area contributed by atoms with Crippen molar-refractivity contribution in [1.29, 1.82) is 0 Å². The number of carbonyl (C=O) groups is 1. The second kappa shape index (κ2) is 28.0. The number of rotatable bonds is 30. The van der Waals surface area contributed by atoms with Gasteiger partial charge in [-0.3, -0.25) is 0 Å². The van der Waals surface area contributed by atoms with Gasteiger partial charge in [0.2, 0.25) is 0 Å². The van der Waals surface area contributed by atoms with E-state index in [9.17, 15) is 9.90 Å². The minimum absolute atomic E-state index is 0.269. The fourth-order valence-electron chi connectivity index (χ4n) is 8.88. The summed E-state index contributed by atoms with van der Waals surface area (Å²) in [5, 5.41) is 14.4. The number of hydrogen-bond donors (Lipinski definition) is 2. The molecule has 4 aromatic carbocycles. The minimum Gasteiger partial charge on any atom is -0.441 e. The first-order valence-electron chi connectivity index (χ1n) is 24.0. The number of amides is 1. The maximum absolute atomic E-state index is 12.8. The summed E-state index contributed by atoms with van der Waals surface area (Å²) in [6.45, 7) is 4.01. The molecule has 9 nitrogen and oxygen atoms in total. The standard InChI is InChI=1S/C54H73NO8/c1-2-3-4-5-6-7-8-9-10-11-12-25-34-47(56)50-46(55-54(57)63-50)35-36-48-51(59-38-43-28-19-14-20-29-43)53(61-40-45-32-23-16-24-33-45)52(60-39-44-30-21-15-22-31-44)49(62-48)41-58-37-42-26-17-13-18-27-42/h13-24,26-33,46-53,56H,2-12,25,34-41H2,1H3,(H,55,57)/t46-,47+,48+,49+,50-,51-,52-,53+/m0/s1. The van der Waals surface area contributed by atoms with E-state index in [1.165, 1.54) is 57.8 Å². The van der Waals surface area contributed by atoms with E-state index < -0.39 is 48.8 Å². The largest absolute Gasteiger partial charge is 0.441 e. The molecule has 4 aromatic rings. The molecule has 2 N–H and O–H groups in total. The Kier molecular flexibility index (Phi) is 21.5. The number of aliphatic hydroxyl groups is 1.